The fourth-order valence-electron chi connectivity index (χ4n) is 5.68. The lowest BCUT2D eigenvalue weighted by Crippen LogP contribution is -2.51. The monoisotopic (exact) mass is 564 g/mol. The lowest BCUT2D eigenvalue weighted by Gasteiger charge is -2.36. The second-order valence-electron chi connectivity index (χ2n) is 9.87. The normalized spacial score (nSPS) is 17.7. The van der Waals surface area contributed by atoms with Gasteiger partial charge in [0.25, 0.3) is 11.8 Å². The number of hydrogen-bond acceptors (Lipinski definition) is 4. The zero-order valence-corrected chi connectivity index (χ0v) is 23.0. The molecule has 6 rings (SSSR count). The third-order valence-corrected chi connectivity index (χ3v) is 7.75. The maximum absolute atomic E-state index is 14.4. The van der Waals surface area contributed by atoms with E-state index in [0.717, 1.165) is 5.56 Å². The summed E-state index contributed by atoms with van der Waals surface area (Å²) in [6, 6.07) is 14.2. The number of nitrogens with zero attached hydrogens (tertiary/aromatic N) is 3. The molecule has 2 aliphatic heterocycles. The Labute approximate surface area is 234 Å². The van der Waals surface area contributed by atoms with Crippen molar-refractivity contribution in [3.05, 3.63) is 93.0 Å². The topological polar surface area (TPSA) is 76.5 Å². The van der Waals surface area contributed by atoms with Gasteiger partial charge in [0.1, 0.15) is 17.4 Å². The van der Waals surface area contributed by atoms with Crippen molar-refractivity contribution in [1.82, 2.24) is 9.55 Å². The summed E-state index contributed by atoms with van der Waals surface area (Å²) in [6.45, 7) is 5.72. The number of hydrogen-bond donors (Lipinski definition) is 1. The number of methoxy groups -OCH3 is 1. The first-order valence-electron chi connectivity index (χ1n) is 12.3. The number of halogens is 3. The van der Waals surface area contributed by atoms with Crippen molar-refractivity contribution in [2.45, 2.75) is 32.4 Å². The predicted octanol–water partition coefficient (Wildman–Crippen LogP) is 6.75. The number of ether oxygens (including phenoxy) is 1. The van der Waals surface area contributed by atoms with Gasteiger partial charge in [0.15, 0.2) is 11.2 Å². The molecule has 3 heterocycles. The Hall–Kier alpha value is -3.88. The average molecular weight is 565 g/mol. The first-order valence-corrected chi connectivity index (χ1v) is 13.0. The molecule has 0 saturated heterocycles. The molecule has 4 aromatic rings. The van der Waals surface area contributed by atoms with Crippen LogP contribution >= 0.6 is 23.2 Å². The van der Waals surface area contributed by atoms with Crippen molar-refractivity contribution >= 4 is 46.4 Å². The molecule has 0 aliphatic carbocycles. The van der Waals surface area contributed by atoms with Crippen molar-refractivity contribution in [1.29, 1.82) is 0 Å². The Kier molecular flexibility index (Phi) is 5.75. The Morgan fingerprint density at radius 1 is 1.03 bits per heavy atom. The molecule has 1 spiro atoms. The van der Waals surface area contributed by atoms with Crippen LogP contribution in [-0.2, 0) is 10.3 Å². The summed E-state index contributed by atoms with van der Waals surface area (Å²) in [5.74, 6) is -0.715. The number of carbonyl (C=O) groups excluding carboxylic acids is 2. The van der Waals surface area contributed by atoms with E-state index in [1.807, 2.05) is 25.3 Å². The number of anilines is 2. The van der Waals surface area contributed by atoms with Crippen LogP contribution in [-0.4, -0.2) is 28.5 Å². The van der Waals surface area contributed by atoms with E-state index >= 15 is 0 Å². The molecule has 10 heteroatoms. The number of benzene rings is 3. The highest BCUT2D eigenvalue weighted by Gasteiger charge is 2.64. The number of nitrogens with one attached hydrogen (secondary N) is 1. The molecule has 1 atom stereocenters. The fourth-order valence-corrected chi connectivity index (χ4v) is 6.01. The first-order chi connectivity index (χ1) is 18.6. The summed E-state index contributed by atoms with van der Waals surface area (Å²) in [6.07, 6.45) is 0. The zero-order chi connectivity index (χ0) is 27.8. The van der Waals surface area contributed by atoms with Gasteiger partial charge >= 0.3 is 0 Å². The van der Waals surface area contributed by atoms with Crippen LogP contribution in [0.15, 0.2) is 54.6 Å². The van der Waals surface area contributed by atoms with Crippen molar-refractivity contribution in [3.63, 3.8) is 0 Å². The molecule has 39 heavy (non-hydrogen) atoms. The average Bonchev–Trinajstić information content (AvgIpc) is 3.49. The summed E-state index contributed by atoms with van der Waals surface area (Å²) in [5.41, 5.74) is 1.70. The van der Waals surface area contributed by atoms with Gasteiger partial charge in [-0.3, -0.25) is 14.5 Å². The molecule has 1 aromatic heterocycles. The minimum absolute atomic E-state index is 0.113. The number of aromatic nitrogens is 2. The quantitative estimate of drug-likeness (QED) is 0.297. The van der Waals surface area contributed by atoms with Gasteiger partial charge < -0.3 is 14.6 Å². The van der Waals surface area contributed by atoms with Gasteiger partial charge in [-0.05, 0) is 62.7 Å². The zero-order valence-electron chi connectivity index (χ0n) is 21.5. The predicted molar refractivity (Wildman–Crippen MR) is 148 cm³/mol. The van der Waals surface area contributed by atoms with Gasteiger partial charge in [0.2, 0.25) is 0 Å². The lowest BCUT2D eigenvalue weighted by molar-refractivity contribution is -0.119. The van der Waals surface area contributed by atoms with Crippen LogP contribution in [0.25, 0.3) is 11.4 Å². The highest BCUT2D eigenvalue weighted by atomic mass is 35.5. The molecular weight excluding hydrogens is 542 g/mol. The summed E-state index contributed by atoms with van der Waals surface area (Å²) >= 11 is 12.7. The Bertz CT molecular complexity index is 1720. The highest BCUT2D eigenvalue weighted by molar-refractivity contribution is 6.32. The molecule has 0 saturated carbocycles. The smallest absolute Gasteiger partial charge is 0.280 e. The number of aryl methyl sites for hydroxylation is 1. The molecule has 198 valence electrons. The van der Waals surface area contributed by atoms with Crippen molar-refractivity contribution in [2.24, 2.45) is 0 Å². The third-order valence-electron chi connectivity index (χ3n) is 7.28. The van der Waals surface area contributed by atoms with Crippen molar-refractivity contribution < 1.29 is 18.7 Å². The Balaban J connectivity index is 1.74. The lowest BCUT2D eigenvalue weighted by atomic mass is 9.86. The fraction of sp³-hybridized carbons (Fsp3) is 0.207. The van der Waals surface area contributed by atoms with Crippen LogP contribution in [0.1, 0.15) is 47.2 Å². The van der Waals surface area contributed by atoms with E-state index in [4.69, 9.17) is 32.9 Å². The summed E-state index contributed by atoms with van der Waals surface area (Å²) in [5, 5.41) is 3.80. The maximum Gasteiger partial charge on any atom is 0.280 e. The van der Waals surface area contributed by atoms with Crippen LogP contribution in [0.2, 0.25) is 10.0 Å². The number of fused-ring (bicyclic) bond motifs is 4. The van der Waals surface area contributed by atoms with Gasteiger partial charge in [-0.15, -0.1) is 0 Å². The summed E-state index contributed by atoms with van der Waals surface area (Å²) < 4.78 is 21.4. The molecular formula is C29H23Cl2FN4O3. The van der Waals surface area contributed by atoms with Crippen molar-refractivity contribution in [2.75, 3.05) is 17.3 Å². The van der Waals surface area contributed by atoms with Gasteiger partial charge in [-0.25, -0.2) is 9.37 Å². The molecule has 0 unspecified atom stereocenters. The molecule has 0 radical (unpaired) electrons. The summed E-state index contributed by atoms with van der Waals surface area (Å²) in [7, 11) is 1.44. The molecule has 3 aromatic carbocycles. The van der Waals surface area contributed by atoms with Gasteiger partial charge in [-0.2, -0.15) is 0 Å². The Morgan fingerprint density at radius 3 is 2.46 bits per heavy atom. The molecule has 2 amide bonds. The number of imidazole rings is 1. The molecule has 0 fully saturated rings. The van der Waals surface area contributed by atoms with E-state index in [1.54, 1.807) is 42.5 Å². The van der Waals surface area contributed by atoms with E-state index in [1.165, 1.54) is 24.1 Å². The van der Waals surface area contributed by atoms with E-state index in [2.05, 4.69) is 5.32 Å². The Morgan fingerprint density at radius 2 is 1.74 bits per heavy atom. The summed E-state index contributed by atoms with van der Waals surface area (Å²) in [4.78, 5) is 34.9. The number of carbonyl (C=O) groups is 2. The number of amides is 2. The highest BCUT2D eigenvalue weighted by Crippen LogP contribution is 2.55. The van der Waals surface area contributed by atoms with Gasteiger partial charge in [0, 0.05) is 33.4 Å². The second-order valence-corrected chi connectivity index (χ2v) is 10.7. The molecule has 0 bridgehead atoms. The second kappa shape index (κ2) is 8.83. The standard InChI is InChI=1S/C29H23Cl2FN4O3/c1-14(2)35-25-24(34-26(35)19-9-8-18(32)13-23(19)39-4)27(37)36(22-12-17(31)6-5-15(22)3)29(25)20-10-7-16(30)11-21(20)33-28(29)38/h5-14H,1-4H3,(H,33,38)/t29-/m0/s1. The minimum atomic E-state index is -1.61. The first kappa shape index (κ1) is 25.4. The van der Waals surface area contributed by atoms with Crippen molar-refractivity contribution in [3.8, 4) is 17.1 Å². The van der Waals surface area contributed by atoms with Crippen LogP contribution in [0, 0.1) is 12.7 Å². The molecule has 2 aliphatic rings. The number of rotatable bonds is 4. The molecule has 1 N–H and O–H groups in total. The minimum Gasteiger partial charge on any atom is -0.496 e. The molecule has 7 nitrogen and oxygen atoms in total. The van der Waals surface area contributed by atoms with E-state index in [9.17, 15) is 14.0 Å². The van der Waals surface area contributed by atoms with E-state index in [0.29, 0.717) is 44.1 Å². The van der Waals surface area contributed by atoms with Crippen LogP contribution in [0.4, 0.5) is 15.8 Å². The maximum atomic E-state index is 14.4. The van der Waals surface area contributed by atoms with Crippen LogP contribution in [0.5, 0.6) is 5.75 Å². The SMILES string of the molecule is COc1cc(F)ccc1-c1nc2c(n1C(C)C)[C@@]1(C(=O)Nc3cc(Cl)ccc31)N(c1cc(Cl)ccc1C)C2=O. The van der Waals surface area contributed by atoms with Crippen LogP contribution < -0.4 is 15.0 Å². The van der Waals surface area contributed by atoms with E-state index in [-0.39, 0.29) is 17.5 Å². The van der Waals surface area contributed by atoms with E-state index < -0.39 is 23.2 Å². The largest absolute Gasteiger partial charge is 0.496 e. The third kappa shape index (κ3) is 3.44. The van der Waals surface area contributed by atoms with Gasteiger partial charge in [0.05, 0.1) is 24.1 Å². The van der Waals surface area contributed by atoms with Crippen LogP contribution in [0.3, 0.4) is 0 Å². The van der Waals surface area contributed by atoms with Gasteiger partial charge in [-0.1, -0.05) is 35.3 Å².